The Morgan fingerprint density at radius 1 is 1.53 bits per heavy atom. The summed E-state index contributed by atoms with van der Waals surface area (Å²) in [5.41, 5.74) is 5.05. The highest BCUT2D eigenvalue weighted by Crippen LogP contribution is 2.34. The molecule has 17 heavy (non-hydrogen) atoms. The van der Waals surface area contributed by atoms with E-state index in [2.05, 4.69) is 0 Å². The van der Waals surface area contributed by atoms with Gasteiger partial charge in [0.15, 0.2) is 5.75 Å². The average molecular weight is 263 g/mol. The fourth-order valence-corrected chi connectivity index (χ4v) is 1.28. The van der Waals surface area contributed by atoms with E-state index >= 15 is 0 Å². The van der Waals surface area contributed by atoms with Crippen molar-refractivity contribution in [1.29, 1.82) is 0 Å². The lowest BCUT2D eigenvalue weighted by Crippen LogP contribution is -2.29. The largest absolute Gasteiger partial charge is 0.485 e. The first kappa shape index (κ1) is 13.7. The number of hydrogen-bond donors (Lipinski definition) is 1. The Bertz CT molecular complexity index is 438. The molecule has 0 atom stereocenters. The van der Waals surface area contributed by atoms with Crippen molar-refractivity contribution in [2.45, 2.75) is 18.4 Å². The zero-order chi connectivity index (χ0) is 11.8. The van der Waals surface area contributed by atoms with Crippen LogP contribution in [-0.2, 0) is 0 Å². The molecule has 1 aromatic rings. The summed E-state index contributed by atoms with van der Waals surface area (Å²) in [4.78, 5) is 9.97. The first-order chi connectivity index (χ1) is 7.50. The molecule has 0 radical (unpaired) electrons. The second-order valence-corrected chi connectivity index (χ2v) is 4.02. The molecule has 0 aromatic heterocycles. The molecule has 0 spiro atoms. The fourth-order valence-electron chi connectivity index (χ4n) is 1.28. The molecule has 0 heterocycles. The summed E-state index contributed by atoms with van der Waals surface area (Å²) in [5.74, 6) is -0.601. The highest BCUT2D eigenvalue weighted by Gasteiger charge is 2.39. The van der Waals surface area contributed by atoms with Crippen molar-refractivity contribution in [3.8, 4) is 5.75 Å². The number of rotatable bonds is 4. The van der Waals surface area contributed by atoms with Crippen molar-refractivity contribution in [3.63, 3.8) is 0 Å². The minimum Gasteiger partial charge on any atom is -0.485 e. The second kappa shape index (κ2) is 4.85. The van der Waals surface area contributed by atoms with Crippen LogP contribution in [0.3, 0.4) is 0 Å². The lowest BCUT2D eigenvalue weighted by molar-refractivity contribution is -0.386. The molecule has 1 aromatic carbocycles. The Kier molecular flexibility index (Phi) is 3.90. The Labute approximate surface area is 103 Å². The van der Waals surface area contributed by atoms with Crippen LogP contribution in [0.1, 0.15) is 12.8 Å². The van der Waals surface area contributed by atoms with E-state index in [9.17, 15) is 14.5 Å². The average Bonchev–Trinajstić information content (AvgIpc) is 2.95. The molecule has 5 nitrogen and oxygen atoms in total. The quantitative estimate of drug-likeness (QED) is 0.665. The topological polar surface area (TPSA) is 78.4 Å². The summed E-state index contributed by atoms with van der Waals surface area (Å²) < 4.78 is 18.1. The lowest BCUT2D eigenvalue weighted by atomic mass is 10.3. The van der Waals surface area contributed by atoms with Crippen LogP contribution in [0.2, 0.25) is 0 Å². The molecule has 7 heteroatoms. The number of nitro benzene ring substituents is 1. The van der Waals surface area contributed by atoms with Gasteiger partial charge in [0.1, 0.15) is 12.4 Å². The van der Waals surface area contributed by atoms with Crippen LogP contribution >= 0.6 is 12.4 Å². The molecule has 0 aliphatic heterocycles. The predicted octanol–water partition coefficient (Wildman–Crippen LogP) is 2.03. The van der Waals surface area contributed by atoms with E-state index in [-0.39, 0.29) is 36.0 Å². The Balaban J connectivity index is 0.00000144. The minimum absolute atomic E-state index is 0. The van der Waals surface area contributed by atoms with Gasteiger partial charge in [-0.2, -0.15) is 0 Å². The zero-order valence-corrected chi connectivity index (χ0v) is 9.71. The van der Waals surface area contributed by atoms with Gasteiger partial charge in [-0.1, -0.05) is 0 Å². The SMILES string of the molecule is Cl.NC1(COc2ccc(F)cc2[N+](=O)[O-])CC1. The molecular weight excluding hydrogens is 251 g/mol. The third kappa shape index (κ3) is 3.28. The van der Waals surface area contributed by atoms with E-state index in [0.717, 1.165) is 25.0 Å². The maximum atomic E-state index is 12.8. The number of nitro groups is 1. The monoisotopic (exact) mass is 262 g/mol. The van der Waals surface area contributed by atoms with E-state index in [1.54, 1.807) is 0 Å². The van der Waals surface area contributed by atoms with E-state index in [0.29, 0.717) is 0 Å². The molecule has 94 valence electrons. The maximum absolute atomic E-state index is 12.8. The first-order valence-electron chi connectivity index (χ1n) is 4.86. The van der Waals surface area contributed by atoms with E-state index < -0.39 is 10.7 Å². The van der Waals surface area contributed by atoms with Crippen molar-refractivity contribution >= 4 is 18.1 Å². The summed E-state index contributed by atoms with van der Waals surface area (Å²) >= 11 is 0. The Morgan fingerprint density at radius 2 is 2.18 bits per heavy atom. The molecule has 1 aliphatic carbocycles. The first-order valence-corrected chi connectivity index (χ1v) is 4.86. The van der Waals surface area contributed by atoms with Crippen LogP contribution < -0.4 is 10.5 Å². The molecule has 2 rings (SSSR count). The van der Waals surface area contributed by atoms with Gasteiger partial charge in [-0.05, 0) is 25.0 Å². The smallest absolute Gasteiger partial charge is 0.313 e. The normalized spacial score (nSPS) is 15.9. The van der Waals surface area contributed by atoms with E-state index in [1.807, 2.05) is 0 Å². The van der Waals surface area contributed by atoms with Gasteiger partial charge in [-0.25, -0.2) is 4.39 Å². The number of ether oxygens (including phenoxy) is 1. The lowest BCUT2D eigenvalue weighted by Gasteiger charge is -2.10. The van der Waals surface area contributed by atoms with Gasteiger partial charge in [-0.3, -0.25) is 10.1 Å². The van der Waals surface area contributed by atoms with Crippen molar-refractivity contribution in [3.05, 3.63) is 34.1 Å². The maximum Gasteiger partial charge on any atom is 0.313 e. The molecule has 0 amide bonds. The molecular formula is C10H12ClFN2O3. The molecule has 1 saturated carbocycles. The van der Waals surface area contributed by atoms with Crippen molar-refractivity contribution in [1.82, 2.24) is 0 Å². The molecule has 0 saturated heterocycles. The van der Waals surface area contributed by atoms with Crippen molar-refractivity contribution in [2.75, 3.05) is 6.61 Å². The third-order valence-corrected chi connectivity index (χ3v) is 2.53. The van der Waals surface area contributed by atoms with Crippen LogP contribution in [0.5, 0.6) is 5.75 Å². The summed E-state index contributed by atoms with van der Waals surface area (Å²) in [5, 5.41) is 10.6. The van der Waals surface area contributed by atoms with Gasteiger partial charge in [0.2, 0.25) is 0 Å². The van der Waals surface area contributed by atoms with Crippen LogP contribution in [0.15, 0.2) is 18.2 Å². The predicted molar refractivity (Wildman–Crippen MR) is 61.9 cm³/mol. The van der Waals surface area contributed by atoms with Crippen LogP contribution in [0.25, 0.3) is 0 Å². The van der Waals surface area contributed by atoms with Crippen molar-refractivity contribution in [2.24, 2.45) is 5.73 Å². The van der Waals surface area contributed by atoms with Crippen molar-refractivity contribution < 1.29 is 14.1 Å². The van der Waals surface area contributed by atoms with Gasteiger partial charge < -0.3 is 10.5 Å². The zero-order valence-electron chi connectivity index (χ0n) is 8.89. The van der Waals surface area contributed by atoms with Gasteiger partial charge in [0.25, 0.3) is 0 Å². The fraction of sp³-hybridized carbons (Fsp3) is 0.400. The van der Waals surface area contributed by atoms with E-state index in [4.69, 9.17) is 10.5 Å². The van der Waals surface area contributed by atoms with Gasteiger partial charge in [-0.15, -0.1) is 12.4 Å². The Morgan fingerprint density at radius 3 is 2.71 bits per heavy atom. The standard InChI is InChI=1S/C10H11FN2O3.ClH/c11-7-1-2-9(8(5-7)13(14)15)16-6-10(12)3-4-10;/h1-2,5H,3-4,6,12H2;1H. The third-order valence-electron chi connectivity index (χ3n) is 2.53. The van der Waals surface area contributed by atoms with Crippen LogP contribution in [0.4, 0.5) is 10.1 Å². The molecule has 2 N–H and O–H groups in total. The van der Waals surface area contributed by atoms with Gasteiger partial charge in [0.05, 0.1) is 16.5 Å². The summed E-state index contributed by atoms with van der Waals surface area (Å²) in [6.07, 6.45) is 1.70. The summed E-state index contributed by atoms with van der Waals surface area (Å²) in [6.45, 7) is 0.222. The number of nitrogens with two attached hydrogens (primary N) is 1. The van der Waals surface area contributed by atoms with Gasteiger partial charge in [0, 0.05) is 0 Å². The van der Waals surface area contributed by atoms with E-state index in [1.165, 1.54) is 6.07 Å². The summed E-state index contributed by atoms with van der Waals surface area (Å²) in [6, 6.07) is 3.21. The van der Waals surface area contributed by atoms with Crippen LogP contribution in [-0.4, -0.2) is 17.1 Å². The molecule has 1 fully saturated rings. The highest BCUT2D eigenvalue weighted by atomic mass is 35.5. The molecule has 0 bridgehead atoms. The van der Waals surface area contributed by atoms with Gasteiger partial charge >= 0.3 is 5.69 Å². The number of nitrogens with zero attached hydrogens (tertiary/aromatic N) is 1. The minimum atomic E-state index is -0.672. The number of benzene rings is 1. The molecule has 0 unspecified atom stereocenters. The van der Waals surface area contributed by atoms with Crippen LogP contribution in [0, 0.1) is 15.9 Å². The summed E-state index contributed by atoms with van der Waals surface area (Å²) in [7, 11) is 0. The Hall–Kier alpha value is -1.40. The molecule has 1 aliphatic rings. The second-order valence-electron chi connectivity index (χ2n) is 4.02. The highest BCUT2D eigenvalue weighted by molar-refractivity contribution is 5.85. The number of hydrogen-bond acceptors (Lipinski definition) is 4. The number of halogens is 2.